The Morgan fingerprint density at radius 3 is 2.44 bits per heavy atom. The maximum absolute atomic E-state index is 12.4. The van der Waals surface area contributed by atoms with Gasteiger partial charge in [-0.3, -0.25) is 4.79 Å². The lowest BCUT2D eigenvalue weighted by Crippen LogP contribution is -2.06. The Bertz CT molecular complexity index is 620. The summed E-state index contributed by atoms with van der Waals surface area (Å²) < 4.78 is 0.851. The monoisotopic (exact) mass is 303 g/mol. The summed E-state index contributed by atoms with van der Waals surface area (Å²) in [4.78, 5) is 12.4. The molecule has 2 rings (SSSR count). The third kappa shape index (κ3) is 2.46. The summed E-state index contributed by atoms with van der Waals surface area (Å²) >= 11 is 3.36. The fourth-order valence-electron chi connectivity index (χ4n) is 1.76. The van der Waals surface area contributed by atoms with Crippen LogP contribution in [0, 0.1) is 13.8 Å². The van der Waals surface area contributed by atoms with Crippen molar-refractivity contribution in [1.29, 1.82) is 0 Å². The second-order valence-corrected chi connectivity index (χ2v) is 5.28. The minimum Gasteiger partial charge on any atom is -0.398 e. The first kappa shape index (κ1) is 12.8. The Hall–Kier alpha value is -1.61. The van der Waals surface area contributed by atoms with Crippen LogP contribution >= 0.6 is 15.9 Å². The first-order valence-electron chi connectivity index (χ1n) is 5.66. The van der Waals surface area contributed by atoms with Crippen LogP contribution in [0.4, 0.5) is 5.69 Å². The SMILES string of the molecule is Cc1ccc(C(=O)c2cc(Br)ccc2N)cc1C. The molecule has 0 aromatic heterocycles. The van der Waals surface area contributed by atoms with Crippen LogP contribution in [0.25, 0.3) is 0 Å². The molecule has 0 fully saturated rings. The number of hydrogen-bond acceptors (Lipinski definition) is 2. The van der Waals surface area contributed by atoms with E-state index >= 15 is 0 Å². The third-order valence-electron chi connectivity index (χ3n) is 3.03. The van der Waals surface area contributed by atoms with Gasteiger partial charge in [0.1, 0.15) is 0 Å². The van der Waals surface area contributed by atoms with Crippen LogP contribution in [-0.4, -0.2) is 5.78 Å². The van der Waals surface area contributed by atoms with Crippen LogP contribution < -0.4 is 5.73 Å². The number of nitrogen functional groups attached to an aromatic ring is 1. The quantitative estimate of drug-likeness (QED) is 0.676. The Morgan fingerprint density at radius 1 is 1.06 bits per heavy atom. The van der Waals surface area contributed by atoms with Crippen molar-refractivity contribution in [2.75, 3.05) is 5.73 Å². The van der Waals surface area contributed by atoms with Crippen molar-refractivity contribution in [1.82, 2.24) is 0 Å². The topological polar surface area (TPSA) is 43.1 Å². The molecule has 0 spiro atoms. The lowest BCUT2D eigenvalue weighted by Gasteiger charge is -2.07. The molecule has 3 heteroatoms. The molecular formula is C15H14BrNO. The molecule has 0 aliphatic rings. The van der Waals surface area contributed by atoms with Gasteiger partial charge >= 0.3 is 0 Å². The van der Waals surface area contributed by atoms with Crippen molar-refractivity contribution in [2.24, 2.45) is 0 Å². The van der Waals surface area contributed by atoms with E-state index in [0.717, 1.165) is 10.0 Å². The number of nitrogens with two attached hydrogens (primary N) is 1. The molecule has 0 unspecified atom stereocenters. The van der Waals surface area contributed by atoms with Gasteiger partial charge in [-0.15, -0.1) is 0 Å². The molecule has 92 valence electrons. The fraction of sp³-hybridized carbons (Fsp3) is 0.133. The summed E-state index contributed by atoms with van der Waals surface area (Å²) in [7, 11) is 0. The molecule has 0 aliphatic heterocycles. The molecule has 0 radical (unpaired) electrons. The molecule has 2 aromatic rings. The first-order chi connectivity index (χ1) is 8.49. The van der Waals surface area contributed by atoms with Gasteiger partial charge in [0.15, 0.2) is 5.78 Å². The van der Waals surface area contributed by atoms with Crippen molar-refractivity contribution in [3.63, 3.8) is 0 Å². The predicted molar refractivity (Wildman–Crippen MR) is 77.9 cm³/mol. The number of benzene rings is 2. The maximum Gasteiger partial charge on any atom is 0.195 e. The number of halogens is 1. The van der Waals surface area contributed by atoms with Gasteiger partial charge in [-0.2, -0.15) is 0 Å². The van der Waals surface area contributed by atoms with Gasteiger partial charge in [0.25, 0.3) is 0 Å². The summed E-state index contributed by atoms with van der Waals surface area (Å²) in [5.41, 5.74) is 9.84. The molecule has 0 saturated heterocycles. The molecule has 0 aliphatic carbocycles. The summed E-state index contributed by atoms with van der Waals surface area (Å²) in [5.74, 6) is -0.0445. The van der Waals surface area contributed by atoms with E-state index < -0.39 is 0 Å². The number of carbonyl (C=O) groups excluding carboxylic acids is 1. The zero-order valence-electron chi connectivity index (χ0n) is 10.3. The van der Waals surface area contributed by atoms with Crippen molar-refractivity contribution in [3.8, 4) is 0 Å². The van der Waals surface area contributed by atoms with Crippen molar-refractivity contribution >= 4 is 27.4 Å². The fourth-order valence-corrected chi connectivity index (χ4v) is 2.12. The van der Waals surface area contributed by atoms with Crippen molar-refractivity contribution in [2.45, 2.75) is 13.8 Å². The highest BCUT2D eigenvalue weighted by Gasteiger charge is 2.13. The van der Waals surface area contributed by atoms with Crippen LogP contribution in [0.3, 0.4) is 0 Å². The van der Waals surface area contributed by atoms with Gasteiger partial charge in [0, 0.05) is 21.3 Å². The number of hydrogen-bond donors (Lipinski definition) is 1. The highest BCUT2D eigenvalue weighted by atomic mass is 79.9. The van der Waals surface area contributed by atoms with Gasteiger partial charge in [0.2, 0.25) is 0 Å². The van der Waals surface area contributed by atoms with Gasteiger partial charge < -0.3 is 5.73 Å². The minimum atomic E-state index is -0.0445. The van der Waals surface area contributed by atoms with Crippen LogP contribution in [0.1, 0.15) is 27.0 Å². The Labute approximate surface area is 115 Å². The van der Waals surface area contributed by atoms with Crippen LogP contribution in [-0.2, 0) is 0 Å². The average molecular weight is 304 g/mol. The molecule has 0 atom stereocenters. The second kappa shape index (κ2) is 4.94. The Morgan fingerprint density at radius 2 is 1.78 bits per heavy atom. The van der Waals surface area contributed by atoms with Gasteiger partial charge in [-0.05, 0) is 49.2 Å². The zero-order chi connectivity index (χ0) is 13.3. The first-order valence-corrected chi connectivity index (χ1v) is 6.45. The third-order valence-corrected chi connectivity index (χ3v) is 3.52. The molecule has 0 heterocycles. The normalized spacial score (nSPS) is 10.4. The second-order valence-electron chi connectivity index (χ2n) is 4.36. The van der Waals surface area contributed by atoms with Crippen molar-refractivity contribution < 1.29 is 4.79 Å². The summed E-state index contributed by atoms with van der Waals surface area (Å²) in [6.07, 6.45) is 0. The van der Waals surface area contributed by atoms with E-state index in [9.17, 15) is 4.79 Å². The zero-order valence-corrected chi connectivity index (χ0v) is 11.9. The van der Waals surface area contributed by atoms with Gasteiger partial charge in [-0.1, -0.05) is 28.1 Å². The molecule has 2 N–H and O–H groups in total. The van der Waals surface area contributed by atoms with E-state index in [0.29, 0.717) is 16.8 Å². The van der Waals surface area contributed by atoms with E-state index in [4.69, 9.17) is 5.73 Å². The van der Waals surface area contributed by atoms with Gasteiger partial charge in [-0.25, -0.2) is 0 Å². The molecule has 0 saturated carbocycles. The predicted octanol–water partition coefficient (Wildman–Crippen LogP) is 3.88. The number of rotatable bonds is 2. The largest absolute Gasteiger partial charge is 0.398 e. The van der Waals surface area contributed by atoms with Crippen LogP contribution in [0.15, 0.2) is 40.9 Å². The number of ketones is 1. The number of carbonyl (C=O) groups is 1. The molecule has 2 aromatic carbocycles. The Balaban J connectivity index is 2.47. The average Bonchev–Trinajstić information content (AvgIpc) is 2.35. The lowest BCUT2D eigenvalue weighted by molar-refractivity contribution is 0.103. The molecule has 0 amide bonds. The molecule has 2 nitrogen and oxygen atoms in total. The van der Waals surface area contributed by atoms with Crippen LogP contribution in [0.5, 0.6) is 0 Å². The Kier molecular flexibility index (Phi) is 3.53. The highest BCUT2D eigenvalue weighted by molar-refractivity contribution is 9.10. The van der Waals surface area contributed by atoms with Crippen molar-refractivity contribution in [3.05, 3.63) is 63.1 Å². The van der Waals surface area contributed by atoms with Crippen LogP contribution in [0.2, 0.25) is 0 Å². The number of anilines is 1. The molecular weight excluding hydrogens is 290 g/mol. The summed E-state index contributed by atoms with van der Waals surface area (Å²) in [6.45, 7) is 4.02. The van der Waals surface area contributed by atoms with E-state index in [1.54, 1.807) is 12.1 Å². The van der Waals surface area contributed by atoms with E-state index in [2.05, 4.69) is 15.9 Å². The van der Waals surface area contributed by atoms with E-state index in [-0.39, 0.29) is 5.78 Å². The van der Waals surface area contributed by atoms with Gasteiger partial charge in [0.05, 0.1) is 0 Å². The standard InChI is InChI=1S/C15H14BrNO/c1-9-3-4-11(7-10(9)2)15(18)13-8-12(16)5-6-14(13)17/h3-8H,17H2,1-2H3. The highest BCUT2D eigenvalue weighted by Crippen LogP contribution is 2.22. The molecule has 0 bridgehead atoms. The lowest BCUT2D eigenvalue weighted by atomic mass is 9.98. The minimum absolute atomic E-state index is 0.0445. The smallest absolute Gasteiger partial charge is 0.195 e. The summed E-state index contributed by atoms with van der Waals surface area (Å²) in [6, 6.07) is 11.0. The number of aryl methyl sites for hydroxylation is 2. The van der Waals surface area contributed by atoms with E-state index in [1.807, 2.05) is 38.1 Å². The summed E-state index contributed by atoms with van der Waals surface area (Å²) in [5, 5.41) is 0. The molecule has 18 heavy (non-hydrogen) atoms. The van der Waals surface area contributed by atoms with E-state index in [1.165, 1.54) is 5.56 Å². The maximum atomic E-state index is 12.4.